The summed E-state index contributed by atoms with van der Waals surface area (Å²) in [4.78, 5) is 0. The average Bonchev–Trinajstić information content (AvgIpc) is 2.26. The first-order valence-corrected chi connectivity index (χ1v) is 5.97. The Morgan fingerprint density at radius 2 is 2.31 bits per heavy atom. The number of anilines is 1. The molecule has 1 aromatic rings. The van der Waals surface area contributed by atoms with Crippen molar-refractivity contribution in [2.75, 3.05) is 18.4 Å². The molecule has 16 heavy (non-hydrogen) atoms. The maximum atomic E-state index is 9.91. The molecular weight excluding hydrogens is 200 g/mol. The van der Waals surface area contributed by atoms with E-state index >= 15 is 0 Å². The van der Waals surface area contributed by atoms with Crippen molar-refractivity contribution in [3.63, 3.8) is 0 Å². The second kappa shape index (κ2) is 4.74. The molecule has 1 heterocycles. The first-order valence-electron chi connectivity index (χ1n) is 5.97. The van der Waals surface area contributed by atoms with Crippen LogP contribution >= 0.6 is 0 Å². The number of nitrogens with one attached hydrogen (secondary N) is 2. The number of fused-ring (bicyclic) bond motifs is 1. The third kappa shape index (κ3) is 2.30. The lowest BCUT2D eigenvalue weighted by Crippen LogP contribution is -2.30. The summed E-state index contributed by atoms with van der Waals surface area (Å²) in [7, 11) is 0. The molecular formula is C13H20N2O. The quantitative estimate of drug-likeness (QED) is 0.733. The topological polar surface area (TPSA) is 44.3 Å². The van der Waals surface area contributed by atoms with Gasteiger partial charge >= 0.3 is 0 Å². The number of hydrogen-bond acceptors (Lipinski definition) is 3. The van der Waals surface area contributed by atoms with Gasteiger partial charge in [-0.15, -0.1) is 0 Å². The first-order chi connectivity index (χ1) is 7.68. The number of hydrogen-bond donors (Lipinski definition) is 3. The second-order valence-corrected chi connectivity index (χ2v) is 4.81. The third-order valence-electron chi connectivity index (χ3n) is 2.95. The molecule has 0 saturated carbocycles. The van der Waals surface area contributed by atoms with E-state index in [0.29, 0.717) is 11.7 Å². The van der Waals surface area contributed by atoms with Gasteiger partial charge < -0.3 is 15.7 Å². The average molecular weight is 220 g/mol. The molecule has 1 aliphatic heterocycles. The molecule has 0 fully saturated rings. The van der Waals surface area contributed by atoms with Crippen molar-refractivity contribution in [1.29, 1.82) is 0 Å². The molecule has 0 bridgehead atoms. The minimum atomic E-state index is 0.278. The minimum Gasteiger partial charge on any atom is -0.508 e. The lowest BCUT2D eigenvalue weighted by atomic mass is 9.96. The molecule has 88 valence electrons. The largest absolute Gasteiger partial charge is 0.508 e. The van der Waals surface area contributed by atoms with E-state index in [1.807, 2.05) is 12.1 Å². The number of phenols is 1. The monoisotopic (exact) mass is 220 g/mol. The van der Waals surface area contributed by atoms with Crippen molar-refractivity contribution >= 4 is 5.69 Å². The second-order valence-electron chi connectivity index (χ2n) is 4.81. The highest BCUT2D eigenvalue weighted by molar-refractivity contribution is 5.60. The molecule has 0 amide bonds. The normalized spacial score (nSPS) is 19.3. The highest BCUT2D eigenvalue weighted by atomic mass is 16.3. The van der Waals surface area contributed by atoms with Crippen LogP contribution in [0.5, 0.6) is 5.75 Å². The van der Waals surface area contributed by atoms with Gasteiger partial charge in [0.2, 0.25) is 0 Å². The Morgan fingerprint density at radius 3 is 3.06 bits per heavy atom. The van der Waals surface area contributed by atoms with Crippen molar-refractivity contribution in [1.82, 2.24) is 5.32 Å². The van der Waals surface area contributed by atoms with E-state index in [0.717, 1.165) is 30.8 Å². The summed E-state index contributed by atoms with van der Waals surface area (Å²) in [6.07, 6.45) is 1.03. The Labute approximate surface area is 96.9 Å². The molecule has 0 spiro atoms. The first kappa shape index (κ1) is 11.3. The van der Waals surface area contributed by atoms with Crippen molar-refractivity contribution in [2.45, 2.75) is 26.3 Å². The van der Waals surface area contributed by atoms with Gasteiger partial charge in [0.05, 0.1) is 0 Å². The Kier molecular flexibility index (Phi) is 3.34. The fourth-order valence-corrected chi connectivity index (χ4v) is 2.15. The summed E-state index contributed by atoms with van der Waals surface area (Å²) in [5, 5.41) is 16.8. The van der Waals surface area contributed by atoms with E-state index in [2.05, 4.69) is 24.5 Å². The molecule has 0 aliphatic carbocycles. The Hall–Kier alpha value is -1.22. The fourth-order valence-electron chi connectivity index (χ4n) is 2.15. The van der Waals surface area contributed by atoms with Gasteiger partial charge in [0, 0.05) is 23.8 Å². The van der Waals surface area contributed by atoms with E-state index in [1.165, 1.54) is 0 Å². The smallest absolute Gasteiger partial charge is 0.122 e. The lowest BCUT2D eigenvalue weighted by molar-refractivity contribution is 0.419. The zero-order valence-electron chi connectivity index (χ0n) is 9.96. The number of benzene rings is 1. The predicted molar refractivity (Wildman–Crippen MR) is 66.8 cm³/mol. The van der Waals surface area contributed by atoms with Crippen LogP contribution in [0.15, 0.2) is 18.2 Å². The van der Waals surface area contributed by atoms with Crippen LogP contribution in [-0.2, 0) is 0 Å². The van der Waals surface area contributed by atoms with Crippen LogP contribution in [0.2, 0.25) is 0 Å². The summed E-state index contributed by atoms with van der Waals surface area (Å²) < 4.78 is 0. The molecule has 3 heteroatoms. The predicted octanol–water partition coefficient (Wildman–Crippen LogP) is 2.49. The van der Waals surface area contributed by atoms with Crippen molar-refractivity contribution in [2.24, 2.45) is 5.92 Å². The Morgan fingerprint density at radius 1 is 1.50 bits per heavy atom. The highest BCUT2D eigenvalue weighted by Crippen LogP contribution is 2.36. The van der Waals surface area contributed by atoms with Gasteiger partial charge in [-0.3, -0.25) is 0 Å². The summed E-state index contributed by atoms with van der Waals surface area (Å²) >= 11 is 0. The van der Waals surface area contributed by atoms with Gasteiger partial charge in [0.15, 0.2) is 0 Å². The van der Waals surface area contributed by atoms with Crippen LogP contribution in [0.1, 0.15) is 31.9 Å². The summed E-state index contributed by atoms with van der Waals surface area (Å²) in [6, 6.07) is 5.94. The van der Waals surface area contributed by atoms with Crippen LogP contribution in [0.25, 0.3) is 0 Å². The van der Waals surface area contributed by atoms with Crippen LogP contribution < -0.4 is 10.6 Å². The van der Waals surface area contributed by atoms with E-state index < -0.39 is 0 Å². The van der Waals surface area contributed by atoms with Crippen LogP contribution in [0, 0.1) is 5.92 Å². The van der Waals surface area contributed by atoms with Gasteiger partial charge in [0.25, 0.3) is 0 Å². The van der Waals surface area contributed by atoms with Gasteiger partial charge in [-0.05, 0) is 31.0 Å². The summed E-state index contributed by atoms with van der Waals surface area (Å²) in [5.41, 5.74) is 2.09. The van der Waals surface area contributed by atoms with Crippen molar-refractivity contribution in [3.05, 3.63) is 23.8 Å². The maximum absolute atomic E-state index is 9.91. The van der Waals surface area contributed by atoms with Gasteiger partial charge in [-0.2, -0.15) is 0 Å². The highest BCUT2D eigenvalue weighted by Gasteiger charge is 2.22. The van der Waals surface area contributed by atoms with Crippen LogP contribution in [-0.4, -0.2) is 18.2 Å². The Balaban J connectivity index is 2.18. The molecule has 1 aromatic carbocycles. The van der Waals surface area contributed by atoms with Crippen LogP contribution in [0.3, 0.4) is 0 Å². The maximum Gasteiger partial charge on any atom is 0.122 e. The lowest BCUT2D eigenvalue weighted by Gasteiger charge is -2.28. The molecule has 1 unspecified atom stereocenters. The molecule has 2 rings (SSSR count). The SMILES string of the molecule is CC(C)CNC1CCNc2cccc(O)c21. The van der Waals surface area contributed by atoms with Gasteiger partial charge in [-0.1, -0.05) is 19.9 Å². The summed E-state index contributed by atoms with van der Waals surface area (Å²) in [6.45, 7) is 6.34. The number of phenolic OH excluding ortho intramolecular Hbond substituents is 1. The summed E-state index contributed by atoms with van der Waals surface area (Å²) in [5.74, 6) is 1.02. The molecule has 1 aliphatic rings. The van der Waals surface area contributed by atoms with Crippen molar-refractivity contribution < 1.29 is 5.11 Å². The van der Waals surface area contributed by atoms with Gasteiger partial charge in [-0.25, -0.2) is 0 Å². The molecule has 3 N–H and O–H groups in total. The molecule has 1 atom stereocenters. The third-order valence-corrected chi connectivity index (χ3v) is 2.95. The van der Waals surface area contributed by atoms with Gasteiger partial charge in [0.1, 0.15) is 5.75 Å². The van der Waals surface area contributed by atoms with E-state index in [9.17, 15) is 5.11 Å². The molecule has 0 radical (unpaired) electrons. The molecule has 0 aromatic heterocycles. The zero-order chi connectivity index (χ0) is 11.5. The fraction of sp³-hybridized carbons (Fsp3) is 0.538. The number of aromatic hydroxyl groups is 1. The van der Waals surface area contributed by atoms with Crippen molar-refractivity contribution in [3.8, 4) is 5.75 Å². The number of rotatable bonds is 3. The molecule has 0 saturated heterocycles. The van der Waals surface area contributed by atoms with E-state index in [4.69, 9.17) is 0 Å². The Bertz CT molecular complexity index is 363. The molecule has 3 nitrogen and oxygen atoms in total. The van der Waals surface area contributed by atoms with Crippen LogP contribution in [0.4, 0.5) is 5.69 Å². The van der Waals surface area contributed by atoms with E-state index in [-0.39, 0.29) is 6.04 Å². The van der Waals surface area contributed by atoms with E-state index in [1.54, 1.807) is 6.07 Å². The minimum absolute atomic E-state index is 0.278. The zero-order valence-corrected chi connectivity index (χ0v) is 9.96. The standard InChI is InChI=1S/C13H20N2O/c1-9(2)8-15-11-6-7-14-10-4-3-5-12(16)13(10)11/h3-5,9,11,14-16H,6-8H2,1-2H3.